The number of carbonyl (C=O) groups is 1. The maximum absolute atomic E-state index is 12.0. The number of amides is 1. The van der Waals surface area contributed by atoms with Crippen LogP contribution in [0.4, 0.5) is 5.82 Å². The van der Waals surface area contributed by atoms with E-state index < -0.39 is 0 Å². The Balaban J connectivity index is 1.94. The number of aromatic nitrogens is 2. The minimum atomic E-state index is 0.0567. The van der Waals surface area contributed by atoms with Gasteiger partial charge in [-0.05, 0) is 25.4 Å². The van der Waals surface area contributed by atoms with Gasteiger partial charge in [0.25, 0.3) is 0 Å². The molecular weight excluding hydrogens is 216 g/mol. The molecule has 1 aromatic heterocycles. The van der Waals surface area contributed by atoms with E-state index in [2.05, 4.69) is 22.7 Å². The Labute approximate surface area is 102 Å². The number of hydrogen-bond acceptors (Lipinski definition) is 3. The summed E-state index contributed by atoms with van der Waals surface area (Å²) in [6.45, 7) is 6.81. The number of hydrogen-bond donors (Lipinski definition) is 2. The monoisotopic (exact) mass is 236 g/mol. The molecule has 94 valence electrons. The lowest BCUT2D eigenvalue weighted by atomic mass is 9.88. The van der Waals surface area contributed by atoms with E-state index in [1.807, 2.05) is 17.7 Å². The molecule has 1 fully saturated rings. The van der Waals surface area contributed by atoms with Gasteiger partial charge in [-0.25, -0.2) is 4.68 Å². The molecule has 0 aliphatic carbocycles. The van der Waals surface area contributed by atoms with Gasteiger partial charge in [0.05, 0.1) is 6.20 Å². The van der Waals surface area contributed by atoms with Crippen LogP contribution < -0.4 is 10.6 Å². The molecule has 0 spiro atoms. The van der Waals surface area contributed by atoms with Crippen molar-refractivity contribution >= 4 is 11.7 Å². The lowest BCUT2D eigenvalue weighted by Gasteiger charge is -2.31. The van der Waals surface area contributed by atoms with Gasteiger partial charge in [-0.15, -0.1) is 0 Å². The van der Waals surface area contributed by atoms with Gasteiger partial charge < -0.3 is 10.6 Å². The molecule has 1 unspecified atom stereocenters. The van der Waals surface area contributed by atoms with E-state index in [0.29, 0.717) is 5.92 Å². The SMILES string of the molecule is CCCn1nccc1NC(=O)C(C)C1CNC1. The van der Waals surface area contributed by atoms with Crippen molar-refractivity contribution in [2.75, 3.05) is 18.4 Å². The van der Waals surface area contributed by atoms with Crippen LogP contribution in [-0.4, -0.2) is 28.8 Å². The molecule has 0 aromatic carbocycles. The molecule has 1 saturated heterocycles. The number of anilines is 1. The van der Waals surface area contributed by atoms with Crippen molar-refractivity contribution < 1.29 is 4.79 Å². The highest BCUT2D eigenvalue weighted by Crippen LogP contribution is 2.18. The summed E-state index contributed by atoms with van der Waals surface area (Å²) in [4.78, 5) is 12.0. The van der Waals surface area contributed by atoms with Crippen molar-refractivity contribution in [1.82, 2.24) is 15.1 Å². The normalized spacial score (nSPS) is 17.5. The summed E-state index contributed by atoms with van der Waals surface area (Å²) in [6.07, 6.45) is 2.73. The van der Waals surface area contributed by atoms with Crippen LogP contribution in [-0.2, 0) is 11.3 Å². The molecule has 0 bridgehead atoms. The van der Waals surface area contributed by atoms with Crippen LogP contribution in [0.25, 0.3) is 0 Å². The Morgan fingerprint density at radius 3 is 3.06 bits per heavy atom. The first kappa shape index (κ1) is 12.1. The predicted molar refractivity (Wildman–Crippen MR) is 66.7 cm³/mol. The third-order valence-corrected chi connectivity index (χ3v) is 3.34. The molecule has 1 aromatic rings. The Bertz CT molecular complexity index is 384. The van der Waals surface area contributed by atoms with Crippen LogP contribution in [0.5, 0.6) is 0 Å². The third-order valence-electron chi connectivity index (χ3n) is 3.34. The summed E-state index contributed by atoms with van der Waals surface area (Å²) in [5.74, 6) is 1.42. The fourth-order valence-corrected chi connectivity index (χ4v) is 1.95. The Hall–Kier alpha value is -1.36. The minimum Gasteiger partial charge on any atom is -0.316 e. The van der Waals surface area contributed by atoms with Crippen LogP contribution in [0.2, 0.25) is 0 Å². The van der Waals surface area contributed by atoms with Gasteiger partial charge in [0, 0.05) is 18.5 Å². The van der Waals surface area contributed by atoms with Crippen LogP contribution >= 0.6 is 0 Å². The van der Waals surface area contributed by atoms with Crippen LogP contribution in [0, 0.1) is 11.8 Å². The molecule has 1 atom stereocenters. The van der Waals surface area contributed by atoms with E-state index in [4.69, 9.17) is 0 Å². The number of carbonyl (C=O) groups excluding carboxylic acids is 1. The zero-order valence-electron chi connectivity index (χ0n) is 10.4. The van der Waals surface area contributed by atoms with Crippen LogP contribution in [0.3, 0.4) is 0 Å². The maximum Gasteiger partial charge on any atom is 0.228 e. The molecule has 2 rings (SSSR count). The molecular formula is C12H20N4O. The highest BCUT2D eigenvalue weighted by Gasteiger charge is 2.28. The second-order valence-corrected chi connectivity index (χ2v) is 4.64. The van der Waals surface area contributed by atoms with Crippen molar-refractivity contribution in [3.63, 3.8) is 0 Å². The lowest BCUT2D eigenvalue weighted by molar-refractivity contribution is -0.121. The summed E-state index contributed by atoms with van der Waals surface area (Å²) < 4.78 is 1.84. The molecule has 5 nitrogen and oxygen atoms in total. The molecule has 2 heterocycles. The summed E-state index contributed by atoms with van der Waals surface area (Å²) in [7, 11) is 0. The molecule has 1 aliphatic rings. The molecule has 0 saturated carbocycles. The second-order valence-electron chi connectivity index (χ2n) is 4.64. The lowest BCUT2D eigenvalue weighted by Crippen LogP contribution is -2.48. The number of rotatable bonds is 5. The van der Waals surface area contributed by atoms with E-state index >= 15 is 0 Å². The Morgan fingerprint density at radius 1 is 1.71 bits per heavy atom. The Morgan fingerprint density at radius 2 is 2.47 bits per heavy atom. The smallest absolute Gasteiger partial charge is 0.228 e. The minimum absolute atomic E-state index is 0.0567. The number of nitrogens with zero attached hydrogens (tertiary/aromatic N) is 2. The largest absolute Gasteiger partial charge is 0.316 e. The topological polar surface area (TPSA) is 59.0 Å². The predicted octanol–water partition coefficient (Wildman–Crippen LogP) is 1.09. The third kappa shape index (κ3) is 2.66. The quantitative estimate of drug-likeness (QED) is 0.804. The fraction of sp³-hybridized carbons (Fsp3) is 0.667. The summed E-state index contributed by atoms with van der Waals surface area (Å²) in [5.41, 5.74) is 0. The summed E-state index contributed by atoms with van der Waals surface area (Å²) >= 11 is 0. The molecule has 5 heteroatoms. The van der Waals surface area contributed by atoms with Crippen molar-refractivity contribution in [1.29, 1.82) is 0 Å². The first-order valence-electron chi connectivity index (χ1n) is 6.25. The first-order chi connectivity index (χ1) is 8.22. The van der Waals surface area contributed by atoms with E-state index in [0.717, 1.165) is 31.9 Å². The van der Waals surface area contributed by atoms with Gasteiger partial charge in [0.1, 0.15) is 5.82 Å². The van der Waals surface area contributed by atoms with E-state index in [-0.39, 0.29) is 11.8 Å². The first-order valence-corrected chi connectivity index (χ1v) is 6.25. The molecule has 1 amide bonds. The average molecular weight is 236 g/mol. The summed E-state index contributed by atoms with van der Waals surface area (Å²) in [6, 6.07) is 1.85. The highest BCUT2D eigenvalue weighted by molar-refractivity contribution is 5.91. The van der Waals surface area contributed by atoms with E-state index in [9.17, 15) is 4.79 Å². The summed E-state index contributed by atoms with van der Waals surface area (Å²) in [5, 5.41) is 10.3. The zero-order valence-corrected chi connectivity index (χ0v) is 10.4. The Kier molecular flexibility index (Phi) is 3.78. The molecule has 17 heavy (non-hydrogen) atoms. The highest BCUT2D eigenvalue weighted by atomic mass is 16.2. The second kappa shape index (κ2) is 5.31. The molecule has 1 aliphatic heterocycles. The van der Waals surface area contributed by atoms with Gasteiger partial charge in [-0.3, -0.25) is 4.79 Å². The van der Waals surface area contributed by atoms with Crippen molar-refractivity contribution in [2.45, 2.75) is 26.8 Å². The maximum atomic E-state index is 12.0. The number of nitrogens with one attached hydrogen (secondary N) is 2. The van der Waals surface area contributed by atoms with Gasteiger partial charge >= 0.3 is 0 Å². The van der Waals surface area contributed by atoms with Crippen molar-refractivity contribution in [3.05, 3.63) is 12.3 Å². The van der Waals surface area contributed by atoms with Crippen LogP contribution in [0.15, 0.2) is 12.3 Å². The molecule has 2 N–H and O–H groups in total. The van der Waals surface area contributed by atoms with Crippen LogP contribution in [0.1, 0.15) is 20.3 Å². The standard InChI is InChI=1S/C12H20N4O/c1-3-6-16-11(4-5-14-16)15-12(17)9(2)10-7-13-8-10/h4-5,9-10,13H,3,6-8H2,1-2H3,(H,15,17). The van der Waals surface area contributed by atoms with Gasteiger partial charge in [-0.2, -0.15) is 5.10 Å². The van der Waals surface area contributed by atoms with Gasteiger partial charge in [0.2, 0.25) is 5.91 Å². The average Bonchev–Trinajstić information content (AvgIpc) is 2.64. The van der Waals surface area contributed by atoms with Gasteiger partial charge in [-0.1, -0.05) is 13.8 Å². The fourth-order valence-electron chi connectivity index (χ4n) is 1.95. The zero-order chi connectivity index (χ0) is 12.3. The molecule has 0 radical (unpaired) electrons. The van der Waals surface area contributed by atoms with Gasteiger partial charge in [0.15, 0.2) is 0 Å². The number of aryl methyl sites for hydroxylation is 1. The van der Waals surface area contributed by atoms with Crippen molar-refractivity contribution in [2.24, 2.45) is 11.8 Å². The van der Waals surface area contributed by atoms with E-state index in [1.54, 1.807) is 6.20 Å². The van der Waals surface area contributed by atoms with E-state index in [1.165, 1.54) is 0 Å². The van der Waals surface area contributed by atoms with Crippen molar-refractivity contribution in [3.8, 4) is 0 Å².